The van der Waals surface area contributed by atoms with Crippen molar-refractivity contribution in [1.82, 2.24) is 4.90 Å². The molecular weight excluding hydrogens is 368 g/mol. The minimum atomic E-state index is -0.283. The standard InChI is InChI=1S/C20H19ClN2O2S/c1-13(2)15-5-3-14(4-6-15)11-18-19(24)23(20(25)26-18)12-22-17-9-7-16(21)8-10-17/h3-11,13,22H,12H2,1-2H3. The summed E-state index contributed by atoms with van der Waals surface area (Å²) in [7, 11) is 0. The largest absolute Gasteiger partial charge is 0.367 e. The van der Waals surface area contributed by atoms with E-state index < -0.39 is 0 Å². The van der Waals surface area contributed by atoms with Gasteiger partial charge in [0, 0.05) is 10.7 Å². The zero-order valence-electron chi connectivity index (χ0n) is 14.5. The lowest BCUT2D eigenvalue weighted by atomic mass is 10.0. The average Bonchev–Trinajstić information content (AvgIpc) is 2.88. The monoisotopic (exact) mass is 386 g/mol. The number of hydrogen-bond donors (Lipinski definition) is 1. The number of nitrogens with zero attached hydrogens (tertiary/aromatic N) is 1. The first kappa shape index (κ1) is 18.5. The third-order valence-electron chi connectivity index (χ3n) is 4.06. The van der Waals surface area contributed by atoms with E-state index in [1.807, 2.05) is 24.3 Å². The molecule has 2 aromatic carbocycles. The Bertz CT molecular complexity index is 845. The Morgan fingerprint density at radius 3 is 2.35 bits per heavy atom. The number of thioether (sulfide) groups is 1. The molecule has 0 saturated carbocycles. The van der Waals surface area contributed by atoms with E-state index in [0.29, 0.717) is 15.8 Å². The van der Waals surface area contributed by atoms with Gasteiger partial charge in [-0.15, -0.1) is 0 Å². The lowest BCUT2D eigenvalue weighted by molar-refractivity contribution is -0.122. The van der Waals surface area contributed by atoms with E-state index >= 15 is 0 Å². The molecule has 134 valence electrons. The SMILES string of the molecule is CC(C)c1ccc(C=C2SC(=O)N(CNc3ccc(Cl)cc3)C2=O)cc1. The molecule has 3 rings (SSSR count). The topological polar surface area (TPSA) is 49.4 Å². The molecule has 26 heavy (non-hydrogen) atoms. The summed E-state index contributed by atoms with van der Waals surface area (Å²) in [4.78, 5) is 26.3. The number of amides is 2. The molecule has 2 amide bonds. The van der Waals surface area contributed by atoms with Gasteiger partial charge in [-0.25, -0.2) is 0 Å². The quantitative estimate of drug-likeness (QED) is 0.682. The summed E-state index contributed by atoms with van der Waals surface area (Å²) >= 11 is 6.81. The Kier molecular flexibility index (Phi) is 5.69. The molecular formula is C20H19ClN2O2S. The van der Waals surface area contributed by atoms with Gasteiger partial charge in [0.15, 0.2) is 0 Å². The summed E-state index contributed by atoms with van der Waals surface area (Å²) < 4.78 is 0. The Balaban J connectivity index is 1.68. The maximum Gasteiger partial charge on any atom is 0.295 e. The van der Waals surface area contributed by atoms with Crippen molar-refractivity contribution < 1.29 is 9.59 Å². The summed E-state index contributed by atoms with van der Waals surface area (Å²) in [5.74, 6) is 0.171. The van der Waals surface area contributed by atoms with E-state index in [1.54, 1.807) is 30.3 Å². The zero-order chi connectivity index (χ0) is 18.7. The summed E-state index contributed by atoms with van der Waals surface area (Å²) in [6, 6.07) is 15.1. The van der Waals surface area contributed by atoms with Crippen LogP contribution in [0.2, 0.25) is 5.02 Å². The summed E-state index contributed by atoms with van der Waals surface area (Å²) in [6.45, 7) is 4.39. The zero-order valence-corrected chi connectivity index (χ0v) is 16.1. The van der Waals surface area contributed by atoms with E-state index in [1.165, 1.54) is 10.5 Å². The number of imide groups is 1. The van der Waals surface area contributed by atoms with Gasteiger partial charge < -0.3 is 5.32 Å². The second kappa shape index (κ2) is 7.98. The van der Waals surface area contributed by atoms with Gasteiger partial charge in [0.1, 0.15) is 0 Å². The van der Waals surface area contributed by atoms with Crippen LogP contribution in [0.5, 0.6) is 0 Å². The normalized spacial score (nSPS) is 16.0. The fraction of sp³-hybridized carbons (Fsp3) is 0.200. The molecule has 1 fully saturated rings. The molecule has 0 aliphatic carbocycles. The number of benzene rings is 2. The lowest BCUT2D eigenvalue weighted by Gasteiger charge is -2.14. The Labute approximate surface area is 162 Å². The van der Waals surface area contributed by atoms with Crippen molar-refractivity contribution in [2.45, 2.75) is 19.8 Å². The summed E-state index contributed by atoms with van der Waals surface area (Å²) in [5.41, 5.74) is 2.94. The number of halogens is 1. The van der Waals surface area contributed by atoms with E-state index in [4.69, 9.17) is 11.6 Å². The molecule has 1 aliphatic rings. The highest BCUT2D eigenvalue weighted by atomic mass is 35.5. The molecule has 6 heteroatoms. The van der Waals surface area contributed by atoms with Gasteiger partial charge in [-0.05, 0) is 59.1 Å². The van der Waals surface area contributed by atoms with Crippen LogP contribution in [0.15, 0.2) is 53.4 Å². The fourth-order valence-electron chi connectivity index (χ4n) is 2.50. The van der Waals surface area contributed by atoms with Gasteiger partial charge in [-0.2, -0.15) is 0 Å². The van der Waals surface area contributed by atoms with Crippen LogP contribution in [0.3, 0.4) is 0 Å². The first-order chi connectivity index (χ1) is 12.4. The fourth-order valence-corrected chi connectivity index (χ4v) is 3.47. The van der Waals surface area contributed by atoms with Crippen LogP contribution < -0.4 is 5.32 Å². The minimum absolute atomic E-state index is 0.121. The predicted octanol–water partition coefficient (Wildman–Crippen LogP) is 5.57. The molecule has 0 radical (unpaired) electrons. The molecule has 4 nitrogen and oxygen atoms in total. The highest BCUT2D eigenvalue weighted by Gasteiger charge is 2.34. The van der Waals surface area contributed by atoms with Crippen LogP contribution in [0.1, 0.15) is 30.9 Å². The average molecular weight is 387 g/mol. The molecule has 0 aromatic heterocycles. The highest BCUT2D eigenvalue weighted by Crippen LogP contribution is 2.32. The second-order valence-corrected chi connectivity index (χ2v) is 7.70. The van der Waals surface area contributed by atoms with Crippen LogP contribution in [0.25, 0.3) is 6.08 Å². The smallest absolute Gasteiger partial charge is 0.295 e. The van der Waals surface area contributed by atoms with Crippen molar-refractivity contribution in [2.75, 3.05) is 12.0 Å². The molecule has 0 bridgehead atoms. The minimum Gasteiger partial charge on any atom is -0.367 e. The van der Waals surface area contributed by atoms with Crippen molar-refractivity contribution in [3.8, 4) is 0 Å². The third-order valence-corrected chi connectivity index (χ3v) is 5.22. The van der Waals surface area contributed by atoms with E-state index in [2.05, 4.69) is 19.2 Å². The molecule has 0 atom stereocenters. The molecule has 1 saturated heterocycles. The Morgan fingerprint density at radius 2 is 1.73 bits per heavy atom. The van der Waals surface area contributed by atoms with Crippen molar-refractivity contribution in [3.05, 3.63) is 69.6 Å². The van der Waals surface area contributed by atoms with Crippen LogP contribution in [-0.4, -0.2) is 22.7 Å². The summed E-state index contributed by atoms with van der Waals surface area (Å²) in [5, 5.41) is 3.42. The third kappa shape index (κ3) is 4.29. The number of nitrogens with one attached hydrogen (secondary N) is 1. The lowest BCUT2D eigenvalue weighted by Crippen LogP contribution is -2.33. The molecule has 1 aliphatic heterocycles. The van der Waals surface area contributed by atoms with Gasteiger partial charge in [0.25, 0.3) is 11.1 Å². The Morgan fingerprint density at radius 1 is 1.08 bits per heavy atom. The van der Waals surface area contributed by atoms with Crippen LogP contribution in [0.4, 0.5) is 10.5 Å². The van der Waals surface area contributed by atoms with Gasteiger partial charge >= 0.3 is 0 Å². The predicted molar refractivity (Wildman–Crippen MR) is 108 cm³/mol. The van der Waals surface area contributed by atoms with E-state index in [9.17, 15) is 9.59 Å². The van der Waals surface area contributed by atoms with Crippen LogP contribution in [-0.2, 0) is 4.79 Å². The molecule has 2 aromatic rings. The first-order valence-corrected chi connectivity index (χ1v) is 9.48. The van der Waals surface area contributed by atoms with E-state index in [0.717, 1.165) is 23.0 Å². The maximum absolute atomic E-state index is 12.5. The Hall–Kier alpha value is -2.24. The maximum atomic E-state index is 12.5. The summed E-state index contributed by atoms with van der Waals surface area (Å²) in [6.07, 6.45) is 1.76. The molecule has 0 unspecified atom stereocenters. The van der Waals surface area contributed by atoms with Gasteiger partial charge in [-0.3, -0.25) is 14.5 Å². The van der Waals surface area contributed by atoms with Crippen LogP contribution in [0, 0.1) is 0 Å². The number of carbonyl (C=O) groups excluding carboxylic acids is 2. The highest BCUT2D eigenvalue weighted by molar-refractivity contribution is 8.18. The number of rotatable bonds is 5. The van der Waals surface area contributed by atoms with Crippen molar-refractivity contribution in [1.29, 1.82) is 0 Å². The van der Waals surface area contributed by atoms with Crippen molar-refractivity contribution in [2.24, 2.45) is 0 Å². The van der Waals surface area contributed by atoms with Crippen LogP contribution >= 0.6 is 23.4 Å². The molecule has 0 spiro atoms. The number of hydrogen-bond acceptors (Lipinski definition) is 4. The van der Waals surface area contributed by atoms with Crippen molar-refractivity contribution >= 4 is 46.3 Å². The van der Waals surface area contributed by atoms with E-state index in [-0.39, 0.29) is 17.8 Å². The second-order valence-electron chi connectivity index (χ2n) is 6.27. The molecule has 1 N–H and O–H groups in total. The van der Waals surface area contributed by atoms with Crippen molar-refractivity contribution in [3.63, 3.8) is 0 Å². The number of carbonyl (C=O) groups is 2. The van der Waals surface area contributed by atoms with Gasteiger partial charge in [0.2, 0.25) is 0 Å². The van der Waals surface area contributed by atoms with Gasteiger partial charge in [-0.1, -0.05) is 49.7 Å². The number of anilines is 1. The first-order valence-electron chi connectivity index (χ1n) is 8.29. The molecule has 1 heterocycles. The van der Waals surface area contributed by atoms with Gasteiger partial charge in [0.05, 0.1) is 11.6 Å².